The van der Waals surface area contributed by atoms with Crippen LogP contribution in [0.2, 0.25) is 0 Å². The fourth-order valence-electron chi connectivity index (χ4n) is 0.667. The lowest BCUT2D eigenvalue weighted by molar-refractivity contribution is -0.147. The Balaban J connectivity index is 4.16. The van der Waals surface area contributed by atoms with Crippen LogP contribution < -0.4 is 0 Å². The first kappa shape index (κ1) is 11.6. The summed E-state index contributed by atoms with van der Waals surface area (Å²) >= 11 is 5.36. The highest BCUT2D eigenvalue weighted by molar-refractivity contribution is 6.18. The lowest BCUT2D eigenvalue weighted by Gasteiger charge is -2.17. The highest BCUT2D eigenvalue weighted by atomic mass is 35.5. The summed E-state index contributed by atoms with van der Waals surface area (Å²) in [5, 5.41) is 9.34. The maximum absolute atomic E-state index is 11.1. The first-order valence-electron chi connectivity index (χ1n) is 3.75. The Hall–Kier alpha value is -0.410. The van der Waals surface area contributed by atoms with E-state index in [0.29, 0.717) is 12.3 Å². The number of hydrogen-bond donors (Lipinski definition) is 1. The van der Waals surface area contributed by atoms with Gasteiger partial charge in [-0.05, 0) is 20.3 Å². The van der Waals surface area contributed by atoms with Gasteiger partial charge in [0.1, 0.15) is 0 Å². The van der Waals surface area contributed by atoms with Crippen molar-refractivity contribution in [2.45, 2.75) is 32.3 Å². The van der Waals surface area contributed by atoms with Gasteiger partial charge in [0.25, 0.3) is 0 Å². The maximum Gasteiger partial charge on any atom is 0.177 e. The quantitative estimate of drug-likeness (QED) is 0.521. The first-order valence-corrected chi connectivity index (χ1v) is 4.29. The number of Topliss-reactive ketones (excluding diaryl/α,β-unsaturated/α-hetero) is 2. The number of aliphatic hydroxyl groups is 1. The number of rotatable bonds is 5. The molecule has 0 aliphatic carbocycles. The molecular weight excluding hydrogens is 180 g/mol. The molecule has 0 aromatic rings. The number of halogens is 1. The molecule has 0 heterocycles. The zero-order valence-electron chi connectivity index (χ0n) is 7.26. The SMILES string of the molecule is CC(=O)[C@](C)(O)C(=O)CCCCl. The molecule has 0 bridgehead atoms. The highest BCUT2D eigenvalue weighted by Crippen LogP contribution is 2.10. The van der Waals surface area contributed by atoms with Crippen LogP contribution in [0.5, 0.6) is 0 Å². The number of hydrogen-bond acceptors (Lipinski definition) is 3. The third-order valence-electron chi connectivity index (χ3n) is 1.77. The van der Waals surface area contributed by atoms with Crippen LogP contribution in [0.25, 0.3) is 0 Å². The Morgan fingerprint density at radius 3 is 2.33 bits per heavy atom. The summed E-state index contributed by atoms with van der Waals surface area (Å²) in [6.45, 7) is 2.41. The van der Waals surface area contributed by atoms with Gasteiger partial charge in [-0.1, -0.05) is 0 Å². The molecule has 0 spiro atoms. The van der Waals surface area contributed by atoms with Gasteiger partial charge in [-0.2, -0.15) is 0 Å². The molecule has 0 radical (unpaired) electrons. The molecule has 0 fully saturated rings. The minimum absolute atomic E-state index is 0.149. The molecule has 0 aromatic carbocycles. The smallest absolute Gasteiger partial charge is 0.177 e. The van der Waals surface area contributed by atoms with Crippen LogP contribution in [0.3, 0.4) is 0 Å². The van der Waals surface area contributed by atoms with Crippen LogP contribution in [-0.2, 0) is 9.59 Å². The van der Waals surface area contributed by atoms with Crippen LogP contribution >= 0.6 is 11.6 Å². The summed E-state index contributed by atoms with van der Waals surface area (Å²) in [4.78, 5) is 21.9. The fraction of sp³-hybridized carbons (Fsp3) is 0.750. The van der Waals surface area contributed by atoms with Gasteiger partial charge in [-0.25, -0.2) is 0 Å². The van der Waals surface area contributed by atoms with Crippen molar-refractivity contribution in [1.29, 1.82) is 0 Å². The van der Waals surface area contributed by atoms with Crippen molar-refractivity contribution in [2.24, 2.45) is 0 Å². The topological polar surface area (TPSA) is 54.4 Å². The zero-order chi connectivity index (χ0) is 9.78. The van der Waals surface area contributed by atoms with E-state index < -0.39 is 17.2 Å². The second kappa shape index (κ2) is 4.58. The van der Waals surface area contributed by atoms with Crippen LogP contribution in [0.4, 0.5) is 0 Å². The van der Waals surface area contributed by atoms with E-state index in [4.69, 9.17) is 11.6 Å². The van der Waals surface area contributed by atoms with Gasteiger partial charge in [0.05, 0.1) is 0 Å². The normalized spacial score (nSPS) is 15.3. The highest BCUT2D eigenvalue weighted by Gasteiger charge is 2.34. The molecule has 0 rings (SSSR count). The average Bonchev–Trinajstić information content (AvgIpc) is 1.99. The van der Waals surface area contributed by atoms with Crippen molar-refractivity contribution in [1.82, 2.24) is 0 Å². The zero-order valence-corrected chi connectivity index (χ0v) is 8.02. The van der Waals surface area contributed by atoms with Crippen molar-refractivity contribution in [3.05, 3.63) is 0 Å². The molecule has 0 unspecified atom stereocenters. The maximum atomic E-state index is 11.1. The molecule has 70 valence electrons. The Bertz CT molecular complexity index is 187. The minimum Gasteiger partial charge on any atom is -0.375 e. The summed E-state index contributed by atoms with van der Waals surface area (Å²) in [7, 11) is 0. The summed E-state index contributed by atoms with van der Waals surface area (Å²) in [5.74, 6) is -0.627. The largest absolute Gasteiger partial charge is 0.375 e. The lowest BCUT2D eigenvalue weighted by Crippen LogP contribution is -2.42. The Morgan fingerprint density at radius 2 is 2.00 bits per heavy atom. The van der Waals surface area contributed by atoms with Crippen LogP contribution in [-0.4, -0.2) is 28.2 Å². The summed E-state index contributed by atoms with van der Waals surface area (Å²) in [6.07, 6.45) is 0.639. The number of carbonyl (C=O) groups is 2. The van der Waals surface area contributed by atoms with Crippen molar-refractivity contribution in [2.75, 3.05) is 5.88 Å². The molecule has 4 heteroatoms. The Labute approximate surface area is 76.7 Å². The number of carbonyl (C=O) groups excluding carboxylic acids is 2. The van der Waals surface area contributed by atoms with E-state index in [2.05, 4.69) is 0 Å². The van der Waals surface area contributed by atoms with E-state index in [-0.39, 0.29) is 6.42 Å². The van der Waals surface area contributed by atoms with Crippen molar-refractivity contribution in [3.8, 4) is 0 Å². The molecule has 3 nitrogen and oxygen atoms in total. The van der Waals surface area contributed by atoms with Crippen LogP contribution in [0, 0.1) is 0 Å². The standard InChI is InChI=1S/C8H13ClO3/c1-6(10)8(2,12)7(11)4-3-5-9/h12H,3-5H2,1-2H3/t8-/m0/s1. The third-order valence-corrected chi connectivity index (χ3v) is 2.03. The molecule has 0 aliphatic rings. The lowest BCUT2D eigenvalue weighted by atomic mass is 9.94. The molecule has 12 heavy (non-hydrogen) atoms. The van der Waals surface area contributed by atoms with E-state index in [9.17, 15) is 14.7 Å². The van der Waals surface area contributed by atoms with E-state index in [1.54, 1.807) is 0 Å². The molecule has 1 N–H and O–H groups in total. The van der Waals surface area contributed by atoms with Crippen molar-refractivity contribution < 1.29 is 14.7 Å². The van der Waals surface area contributed by atoms with Gasteiger partial charge in [0, 0.05) is 12.3 Å². The van der Waals surface area contributed by atoms with Gasteiger partial charge < -0.3 is 5.11 Å². The first-order chi connectivity index (χ1) is 5.42. The predicted molar refractivity (Wildman–Crippen MR) is 46.3 cm³/mol. The molecule has 0 saturated heterocycles. The van der Waals surface area contributed by atoms with Gasteiger partial charge in [-0.15, -0.1) is 11.6 Å². The molecular formula is C8H13ClO3. The number of ketones is 2. The second-order valence-corrected chi connectivity index (χ2v) is 3.22. The van der Waals surface area contributed by atoms with Crippen molar-refractivity contribution >= 4 is 23.2 Å². The monoisotopic (exact) mass is 192 g/mol. The van der Waals surface area contributed by atoms with Crippen LogP contribution in [0.1, 0.15) is 26.7 Å². The Morgan fingerprint density at radius 1 is 1.50 bits per heavy atom. The second-order valence-electron chi connectivity index (χ2n) is 2.84. The van der Waals surface area contributed by atoms with Gasteiger partial charge >= 0.3 is 0 Å². The minimum atomic E-state index is -1.83. The number of alkyl halides is 1. The third kappa shape index (κ3) is 2.91. The average molecular weight is 193 g/mol. The summed E-state index contributed by atoms with van der Waals surface area (Å²) in [6, 6.07) is 0. The molecule has 0 aliphatic heterocycles. The van der Waals surface area contributed by atoms with E-state index in [1.165, 1.54) is 13.8 Å². The summed E-state index contributed by atoms with van der Waals surface area (Å²) < 4.78 is 0. The molecule has 1 atom stereocenters. The molecule has 0 saturated carbocycles. The Kier molecular flexibility index (Phi) is 4.42. The van der Waals surface area contributed by atoms with E-state index in [1.807, 2.05) is 0 Å². The fourth-order valence-corrected chi connectivity index (χ4v) is 0.801. The van der Waals surface area contributed by atoms with Crippen molar-refractivity contribution in [3.63, 3.8) is 0 Å². The summed E-state index contributed by atoms with van der Waals surface area (Å²) in [5.41, 5.74) is -1.83. The molecule has 0 aromatic heterocycles. The van der Waals surface area contributed by atoms with E-state index >= 15 is 0 Å². The van der Waals surface area contributed by atoms with Gasteiger partial charge in [0.15, 0.2) is 17.2 Å². The van der Waals surface area contributed by atoms with Crippen LogP contribution in [0.15, 0.2) is 0 Å². The van der Waals surface area contributed by atoms with Gasteiger partial charge in [-0.3, -0.25) is 9.59 Å². The predicted octanol–water partition coefficient (Wildman–Crippen LogP) is 0.914. The molecule has 0 amide bonds. The van der Waals surface area contributed by atoms with E-state index in [0.717, 1.165) is 0 Å². The van der Waals surface area contributed by atoms with Gasteiger partial charge in [0.2, 0.25) is 0 Å².